The second-order valence-electron chi connectivity index (χ2n) is 8.94. The number of benzene rings is 1. The molecule has 0 unspecified atom stereocenters. The van der Waals surface area contributed by atoms with E-state index in [9.17, 15) is 9.59 Å². The van der Waals surface area contributed by atoms with Crippen molar-refractivity contribution in [3.63, 3.8) is 0 Å². The van der Waals surface area contributed by atoms with Gasteiger partial charge in [-0.15, -0.1) is 11.3 Å². The number of nitrogens with one attached hydrogen (secondary N) is 1. The van der Waals surface area contributed by atoms with Crippen LogP contribution in [-0.4, -0.2) is 27.4 Å². The monoisotopic (exact) mass is 453 g/mol. The number of fused-ring (bicyclic) bond motifs is 1. The van der Waals surface area contributed by atoms with Crippen LogP contribution in [0.4, 0.5) is 0 Å². The fourth-order valence-electron chi connectivity index (χ4n) is 3.28. The quantitative estimate of drug-likeness (QED) is 0.287. The van der Waals surface area contributed by atoms with E-state index < -0.39 is 5.41 Å². The molecule has 4 rings (SSSR count). The van der Waals surface area contributed by atoms with E-state index in [-0.39, 0.29) is 11.7 Å². The highest BCUT2D eigenvalue weighted by molar-refractivity contribution is 8.00. The van der Waals surface area contributed by atoms with Gasteiger partial charge in [-0.05, 0) is 31.0 Å². The van der Waals surface area contributed by atoms with Gasteiger partial charge in [-0.3, -0.25) is 9.59 Å². The lowest BCUT2D eigenvalue weighted by molar-refractivity contribution is -0.128. The topological polar surface area (TPSA) is 72.0 Å². The Morgan fingerprint density at radius 2 is 1.90 bits per heavy atom. The summed E-state index contributed by atoms with van der Waals surface area (Å²) < 4.78 is 0. The molecule has 1 saturated carbocycles. The first kappa shape index (κ1) is 22.0. The molecule has 1 fully saturated rings. The fourth-order valence-corrected chi connectivity index (χ4v) is 5.17. The lowest BCUT2D eigenvalue weighted by Gasteiger charge is -2.24. The molecule has 162 valence electrons. The van der Waals surface area contributed by atoms with Crippen molar-refractivity contribution in [3.05, 3.63) is 52.0 Å². The van der Waals surface area contributed by atoms with Gasteiger partial charge in [-0.25, -0.2) is 9.97 Å². The zero-order valence-electron chi connectivity index (χ0n) is 18.1. The predicted molar refractivity (Wildman–Crippen MR) is 127 cm³/mol. The van der Waals surface area contributed by atoms with Crippen molar-refractivity contribution >= 4 is 45.7 Å². The molecule has 1 aromatic carbocycles. The third kappa shape index (κ3) is 5.15. The number of hydrogen-bond acceptors (Lipinski definition) is 6. The molecule has 0 aliphatic heterocycles. The van der Waals surface area contributed by atoms with Gasteiger partial charge in [0.25, 0.3) is 0 Å². The smallest absolute Gasteiger partial charge is 0.225 e. The number of para-hydroxylation sites is 1. The molecule has 2 heterocycles. The molecule has 1 N–H and O–H groups in total. The Morgan fingerprint density at radius 3 is 2.61 bits per heavy atom. The lowest BCUT2D eigenvalue weighted by atomic mass is 9.85. The number of hydrogen-bond donors (Lipinski definition) is 1. The summed E-state index contributed by atoms with van der Waals surface area (Å²) in [6.45, 7) is 6.10. The van der Waals surface area contributed by atoms with Crippen LogP contribution in [-0.2, 0) is 11.3 Å². The zero-order valence-corrected chi connectivity index (χ0v) is 19.7. The molecule has 3 aromatic rings. The Balaban J connectivity index is 1.43. The number of carbonyl (C=O) groups excluding carboxylic acids is 2. The second-order valence-corrected chi connectivity index (χ2v) is 11.1. The van der Waals surface area contributed by atoms with Gasteiger partial charge in [-0.2, -0.15) is 0 Å². The third-order valence-electron chi connectivity index (χ3n) is 5.44. The van der Waals surface area contributed by atoms with E-state index in [1.807, 2.05) is 57.2 Å². The molecule has 1 amide bonds. The number of aromatic nitrogens is 2. The van der Waals surface area contributed by atoms with E-state index >= 15 is 0 Å². The maximum absolute atomic E-state index is 12.8. The molecule has 0 radical (unpaired) electrons. The Morgan fingerprint density at radius 1 is 1.13 bits per heavy atom. The molecule has 5 nitrogen and oxygen atoms in total. The Bertz CT molecular complexity index is 1110. The first-order chi connectivity index (χ1) is 14.8. The average molecular weight is 454 g/mol. The van der Waals surface area contributed by atoms with E-state index in [4.69, 9.17) is 9.97 Å². The summed E-state index contributed by atoms with van der Waals surface area (Å²) >= 11 is 2.93. The van der Waals surface area contributed by atoms with E-state index in [0.29, 0.717) is 23.1 Å². The van der Waals surface area contributed by atoms with Gasteiger partial charge in [0.15, 0.2) is 5.78 Å². The van der Waals surface area contributed by atoms with Crippen molar-refractivity contribution in [2.75, 3.05) is 5.75 Å². The van der Waals surface area contributed by atoms with Crippen molar-refractivity contribution in [2.24, 2.45) is 5.41 Å². The van der Waals surface area contributed by atoms with Gasteiger partial charge < -0.3 is 5.32 Å². The van der Waals surface area contributed by atoms with Crippen molar-refractivity contribution in [2.45, 2.75) is 57.5 Å². The van der Waals surface area contributed by atoms with E-state index in [0.717, 1.165) is 39.5 Å². The number of thiophene rings is 1. The standard InChI is InChI=1S/C24H27N3O2S2/c1-24(2,3)23(29)25-13-16-11-12-20(31-16)19(28)14-30-22-17-9-4-5-10-18(17)26-21(27-22)15-7-6-8-15/h4-5,9-12,15H,6-8,13-14H2,1-3H3,(H,25,29). The number of thioether (sulfide) groups is 1. The minimum absolute atomic E-state index is 0.00207. The number of Topliss-reactive ketones (excluding diaryl/α,β-unsaturated/α-hetero) is 1. The molecular formula is C24H27N3O2S2. The second kappa shape index (κ2) is 9.09. The highest BCUT2D eigenvalue weighted by Crippen LogP contribution is 2.37. The SMILES string of the molecule is CC(C)(C)C(=O)NCc1ccc(C(=O)CSc2nc(C3CCC3)nc3ccccc23)s1. The summed E-state index contributed by atoms with van der Waals surface area (Å²) in [5, 5.41) is 4.82. The van der Waals surface area contributed by atoms with Crippen LogP contribution in [0.5, 0.6) is 0 Å². The van der Waals surface area contributed by atoms with Crippen LogP contribution < -0.4 is 5.32 Å². The molecule has 0 saturated heterocycles. The molecule has 0 spiro atoms. The van der Waals surface area contributed by atoms with Crippen LogP contribution in [0, 0.1) is 5.41 Å². The lowest BCUT2D eigenvalue weighted by Crippen LogP contribution is -2.34. The van der Waals surface area contributed by atoms with Crippen LogP contribution in [0.1, 0.15) is 66.3 Å². The summed E-state index contributed by atoms with van der Waals surface area (Å²) in [7, 11) is 0. The Kier molecular flexibility index (Phi) is 6.44. The first-order valence-corrected chi connectivity index (χ1v) is 12.4. The van der Waals surface area contributed by atoms with E-state index in [1.54, 1.807) is 0 Å². The zero-order chi connectivity index (χ0) is 22.0. The van der Waals surface area contributed by atoms with Gasteiger partial charge in [-0.1, -0.05) is 57.2 Å². The largest absolute Gasteiger partial charge is 0.351 e. The van der Waals surface area contributed by atoms with Crippen molar-refractivity contribution in [3.8, 4) is 0 Å². The van der Waals surface area contributed by atoms with Crippen molar-refractivity contribution in [1.82, 2.24) is 15.3 Å². The molecule has 7 heteroatoms. The van der Waals surface area contributed by atoms with Gasteiger partial charge in [0.2, 0.25) is 5.91 Å². The van der Waals surface area contributed by atoms with Crippen LogP contribution in [0.2, 0.25) is 0 Å². The molecule has 31 heavy (non-hydrogen) atoms. The normalized spacial score (nSPS) is 14.4. The summed E-state index contributed by atoms with van der Waals surface area (Å²) in [5.74, 6) is 1.77. The summed E-state index contributed by atoms with van der Waals surface area (Å²) in [6.07, 6.45) is 3.52. The maximum Gasteiger partial charge on any atom is 0.225 e. The maximum atomic E-state index is 12.8. The van der Waals surface area contributed by atoms with Crippen LogP contribution in [0.3, 0.4) is 0 Å². The summed E-state index contributed by atoms with van der Waals surface area (Å²) in [6, 6.07) is 11.8. The number of nitrogens with zero attached hydrogens (tertiary/aromatic N) is 2. The molecule has 2 aromatic heterocycles. The minimum Gasteiger partial charge on any atom is -0.351 e. The van der Waals surface area contributed by atoms with Crippen LogP contribution in [0.25, 0.3) is 10.9 Å². The third-order valence-corrected chi connectivity index (χ3v) is 7.55. The van der Waals surface area contributed by atoms with Gasteiger partial charge in [0, 0.05) is 21.6 Å². The van der Waals surface area contributed by atoms with Gasteiger partial charge in [0.05, 0.1) is 22.7 Å². The molecule has 1 aliphatic rings. The predicted octanol–water partition coefficient (Wildman–Crippen LogP) is 5.60. The van der Waals surface area contributed by atoms with Crippen LogP contribution >= 0.6 is 23.1 Å². The molecule has 0 bridgehead atoms. The Labute approximate surface area is 191 Å². The minimum atomic E-state index is -0.425. The summed E-state index contributed by atoms with van der Waals surface area (Å²) in [4.78, 5) is 36.1. The Hall–Kier alpha value is -2.25. The van der Waals surface area contributed by atoms with E-state index in [1.165, 1.54) is 29.5 Å². The van der Waals surface area contributed by atoms with E-state index in [2.05, 4.69) is 5.32 Å². The number of ketones is 1. The van der Waals surface area contributed by atoms with Crippen molar-refractivity contribution < 1.29 is 9.59 Å². The average Bonchev–Trinajstić information content (AvgIpc) is 3.17. The molecule has 1 aliphatic carbocycles. The number of carbonyl (C=O) groups is 2. The fraction of sp³-hybridized carbons (Fsp3) is 0.417. The number of rotatable bonds is 7. The highest BCUT2D eigenvalue weighted by atomic mass is 32.2. The molecular weight excluding hydrogens is 426 g/mol. The summed E-state index contributed by atoms with van der Waals surface area (Å²) in [5.41, 5.74) is 0.521. The first-order valence-electron chi connectivity index (χ1n) is 10.6. The highest BCUT2D eigenvalue weighted by Gasteiger charge is 2.24. The van der Waals surface area contributed by atoms with Crippen LogP contribution in [0.15, 0.2) is 41.4 Å². The van der Waals surface area contributed by atoms with Gasteiger partial charge >= 0.3 is 0 Å². The number of amides is 1. The molecule has 0 atom stereocenters. The van der Waals surface area contributed by atoms with Crippen molar-refractivity contribution in [1.29, 1.82) is 0 Å². The van der Waals surface area contributed by atoms with Gasteiger partial charge in [0.1, 0.15) is 10.9 Å².